The molecule has 1 heterocycles. The summed E-state index contributed by atoms with van der Waals surface area (Å²) in [5.74, 6) is -0.437. The van der Waals surface area contributed by atoms with Gasteiger partial charge in [0.05, 0.1) is 17.6 Å². The zero-order valence-electron chi connectivity index (χ0n) is 16.8. The molecule has 6 heteroatoms. The highest BCUT2D eigenvalue weighted by Crippen LogP contribution is 2.35. The van der Waals surface area contributed by atoms with Crippen molar-refractivity contribution in [3.63, 3.8) is 0 Å². The maximum atomic E-state index is 12.3. The molecule has 1 saturated heterocycles. The second kappa shape index (κ2) is 8.15. The van der Waals surface area contributed by atoms with Crippen LogP contribution in [0.25, 0.3) is 0 Å². The van der Waals surface area contributed by atoms with Crippen LogP contribution in [0, 0.1) is 11.8 Å². The molecule has 6 nitrogen and oxygen atoms in total. The highest BCUT2D eigenvalue weighted by atomic mass is 16.6. The fraction of sp³-hybridized carbons (Fsp3) is 0.900. The van der Waals surface area contributed by atoms with Crippen molar-refractivity contribution in [1.29, 1.82) is 0 Å². The molecule has 0 spiro atoms. The summed E-state index contributed by atoms with van der Waals surface area (Å²) in [5.41, 5.74) is -1.71. The van der Waals surface area contributed by atoms with Gasteiger partial charge in [-0.05, 0) is 47.0 Å². The molecule has 2 N–H and O–H groups in total. The predicted octanol–water partition coefficient (Wildman–Crippen LogP) is 3.55. The Morgan fingerprint density at radius 2 is 1.85 bits per heavy atom. The Morgan fingerprint density at radius 1 is 1.23 bits per heavy atom. The molecule has 0 bridgehead atoms. The van der Waals surface area contributed by atoms with Crippen molar-refractivity contribution in [2.75, 3.05) is 0 Å². The minimum Gasteiger partial charge on any atom is -0.460 e. The number of amides is 1. The van der Waals surface area contributed by atoms with Gasteiger partial charge in [0.25, 0.3) is 0 Å². The first-order chi connectivity index (χ1) is 12.0. The Bertz CT molecular complexity index is 499. The fourth-order valence-corrected chi connectivity index (χ4v) is 3.98. The monoisotopic (exact) mass is 369 g/mol. The number of cyclic esters (lactones) is 1. The van der Waals surface area contributed by atoms with Gasteiger partial charge in [-0.25, -0.2) is 4.79 Å². The average Bonchev–Trinajstić information content (AvgIpc) is 2.88. The van der Waals surface area contributed by atoms with Gasteiger partial charge in [0.1, 0.15) is 11.7 Å². The molecule has 0 unspecified atom stereocenters. The molecule has 1 amide bonds. The van der Waals surface area contributed by atoms with Crippen molar-refractivity contribution >= 4 is 12.1 Å². The summed E-state index contributed by atoms with van der Waals surface area (Å²) in [6, 6.07) is -0.288. The molecular weight excluding hydrogens is 334 g/mol. The van der Waals surface area contributed by atoms with E-state index in [2.05, 4.69) is 5.32 Å². The lowest BCUT2D eigenvalue weighted by Crippen LogP contribution is -2.46. The first-order valence-corrected chi connectivity index (χ1v) is 9.88. The molecule has 150 valence electrons. The lowest BCUT2D eigenvalue weighted by atomic mass is 9.81. The molecule has 1 aliphatic carbocycles. The highest BCUT2D eigenvalue weighted by Gasteiger charge is 2.46. The summed E-state index contributed by atoms with van der Waals surface area (Å²) >= 11 is 0. The molecule has 1 saturated carbocycles. The first kappa shape index (κ1) is 21.0. The Hall–Kier alpha value is -1.30. The third-order valence-corrected chi connectivity index (χ3v) is 5.34. The van der Waals surface area contributed by atoms with E-state index >= 15 is 0 Å². The largest absolute Gasteiger partial charge is 0.460 e. The van der Waals surface area contributed by atoms with Crippen LogP contribution in [0.4, 0.5) is 4.79 Å². The van der Waals surface area contributed by atoms with Gasteiger partial charge in [0, 0.05) is 6.42 Å². The summed E-state index contributed by atoms with van der Waals surface area (Å²) < 4.78 is 11.0. The number of carbonyl (C=O) groups excluding carboxylic acids is 2. The molecule has 2 aliphatic rings. The molecule has 3 atom stereocenters. The van der Waals surface area contributed by atoms with Gasteiger partial charge < -0.3 is 19.9 Å². The summed E-state index contributed by atoms with van der Waals surface area (Å²) in [7, 11) is 0. The van der Waals surface area contributed by atoms with E-state index in [0.29, 0.717) is 12.3 Å². The molecule has 2 rings (SSSR count). The van der Waals surface area contributed by atoms with E-state index in [1.165, 1.54) is 19.3 Å². The van der Waals surface area contributed by atoms with E-state index in [4.69, 9.17) is 9.47 Å². The molecule has 1 aliphatic heterocycles. The Morgan fingerprint density at radius 3 is 2.35 bits per heavy atom. The number of nitrogens with one attached hydrogen (secondary N) is 1. The Balaban J connectivity index is 2.07. The topological polar surface area (TPSA) is 84.9 Å². The lowest BCUT2D eigenvalue weighted by molar-refractivity contribution is -0.150. The van der Waals surface area contributed by atoms with Crippen LogP contribution >= 0.6 is 0 Å². The number of carbonyl (C=O) groups is 2. The summed E-state index contributed by atoms with van der Waals surface area (Å²) in [6.45, 7) is 8.71. The Labute approximate surface area is 157 Å². The second-order valence-electron chi connectivity index (χ2n) is 9.41. The van der Waals surface area contributed by atoms with Gasteiger partial charge in [-0.15, -0.1) is 0 Å². The number of hydrogen-bond donors (Lipinski definition) is 2. The van der Waals surface area contributed by atoms with Crippen LogP contribution in [0.15, 0.2) is 0 Å². The van der Waals surface area contributed by atoms with E-state index in [1.807, 2.05) is 20.8 Å². The molecule has 0 radical (unpaired) electrons. The van der Waals surface area contributed by atoms with Gasteiger partial charge in [-0.1, -0.05) is 32.1 Å². The molecular formula is C20H35NO5. The zero-order chi connectivity index (χ0) is 19.5. The summed E-state index contributed by atoms with van der Waals surface area (Å²) in [6.07, 6.45) is 6.24. The summed E-state index contributed by atoms with van der Waals surface area (Å²) in [4.78, 5) is 24.5. The number of aliphatic hydroxyl groups is 1. The molecule has 2 fully saturated rings. The quantitative estimate of drug-likeness (QED) is 0.724. The standard InChI is InChI=1S/C20H35NO5/c1-19(2,3)26-18(23)21-15(11-13-9-7-6-8-10-13)16-12-14(17(22)25-16)20(4,5)24/h13-16,24H,6-12H2,1-5H3,(H,21,23)/t14-,15+,16-/m1/s1. The molecule has 26 heavy (non-hydrogen) atoms. The average molecular weight is 370 g/mol. The third kappa shape index (κ3) is 6.15. The Kier molecular flexibility index (Phi) is 6.59. The van der Waals surface area contributed by atoms with Crippen LogP contribution in [0.5, 0.6) is 0 Å². The van der Waals surface area contributed by atoms with E-state index in [1.54, 1.807) is 13.8 Å². The van der Waals surface area contributed by atoms with Crippen LogP contribution in [0.2, 0.25) is 0 Å². The lowest BCUT2D eigenvalue weighted by Gasteiger charge is -2.31. The van der Waals surface area contributed by atoms with Crippen molar-refractivity contribution in [1.82, 2.24) is 5.32 Å². The minimum atomic E-state index is -1.13. The zero-order valence-corrected chi connectivity index (χ0v) is 16.8. The van der Waals surface area contributed by atoms with E-state index in [0.717, 1.165) is 19.3 Å². The normalized spacial score (nSPS) is 26.3. The smallest absolute Gasteiger partial charge is 0.408 e. The van der Waals surface area contributed by atoms with Crippen molar-refractivity contribution in [2.24, 2.45) is 11.8 Å². The van der Waals surface area contributed by atoms with Crippen molar-refractivity contribution in [3.05, 3.63) is 0 Å². The fourth-order valence-electron chi connectivity index (χ4n) is 3.98. The summed E-state index contributed by atoms with van der Waals surface area (Å²) in [5, 5.41) is 13.2. The van der Waals surface area contributed by atoms with E-state index in [-0.39, 0.29) is 12.0 Å². The highest BCUT2D eigenvalue weighted by molar-refractivity contribution is 5.76. The van der Waals surface area contributed by atoms with Crippen LogP contribution in [-0.2, 0) is 14.3 Å². The maximum absolute atomic E-state index is 12.3. The van der Waals surface area contributed by atoms with Crippen LogP contribution in [0.1, 0.15) is 79.6 Å². The van der Waals surface area contributed by atoms with Crippen molar-refractivity contribution in [3.8, 4) is 0 Å². The van der Waals surface area contributed by atoms with Gasteiger partial charge >= 0.3 is 12.1 Å². The predicted molar refractivity (Wildman–Crippen MR) is 98.6 cm³/mol. The van der Waals surface area contributed by atoms with Gasteiger partial charge in [0.2, 0.25) is 0 Å². The number of alkyl carbamates (subject to hydrolysis) is 1. The second-order valence-corrected chi connectivity index (χ2v) is 9.41. The van der Waals surface area contributed by atoms with Crippen LogP contribution < -0.4 is 5.32 Å². The number of esters is 1. The van der Waals surface area contributed by atoms with Gasteiger partial charge in [-0.2, -0.15) is 0 Å². The molecule has 0 aromatic carbocycles. The number of rotatable bonds is 5. The first-order valence-electron chi connectivity index (χ1n) is 9.88. The maximum Gasteiger partial charge on any atom is 0.408 e. The van der Waals surface area contributed by atoms with Crippen molar-refractivity contribution < 1.29 is 24.2 Å². The van der Waals surface area contributed by atoms with Crippen LogP contribution in [0.3, 0.4) is 0 Å². The van der Waals surface area contributed by atoms with E-state index < -0.39 is 29.3 Å². The molecule has 0 aromatic rings. The van der Waals surface area contributed by atoms with Crippen LogP contribution in [-0.4, -0.2) is 40.5 Å². The van der Waals surface area contributed by atoms with E-state index in [9.17, 15) is 14.7 Å². The van der Waals surface area contributed by atoms with Gasteiger partial charge in [-0.3, -0.25) is 4.79 Å². The molecule has 0 aromatic heterocycles. The number of hydrogen-bond acceptors (Lipinski definition) is 5. The minimum absolute atomic E-state index is 0.288. The SMILES string of the molecule is CC(C)(C)OC(=O)N[C@@H](CC1CCCCC1)[C@H]1C[C@@H](C(C)(C)O)C(=O)O1. The van der Waals surface area contributed by atoms with Gasteiger partial charge in [0.15, 0.2) is 0 Å². The third-order valence-electron chi connectivity index (χ3n) is 5.34. The number of ether oxygens (including phenoxy) is 2. The van der Waals surface area contributed by atoms with Crippen molar-refractivity contribution in [2.45, 2.75) is 103 Å².